The van der Waals surface area contributed by atoms with Crippen LogP contribution in [-0.4, -0.2) is 40.6 Å². The monoisotopic (exact) mass is 393 g/mol. The van der Waals surface area contributed by atoms with Gasteiger partial charge in [0.2, 0.25) is 17.6 Å². The van der Waals surface area contributed by atoms with Crippen molar-refractivity contribution in [2.45, 2.75) is 32.4 Å². The molecule has 5 aliphatic rings. The number of carbonyl (C=O) groups is 4. The van der Waals surface area contributed by atoms with Crippen LogP contribution in [0.4, 0.5) is 0 Å². The lowest BCUT2D eigenvalue weighted by Crippen LogP contribution is -2.46. The Morgan fingerprint density at radius 3 is 2.07 bits per heavy atom. The molecule has 1 heterocycles. The van der Waals surface area contributed by atoms with Crippen molar-refractivity contribution in [2.75, 3.05) is 0 Å². The number of Topliss-reactive ketones (excluding diaryl/α,β-unsaturated/α-hetero) is 1. The summed E-state index contributed by atoms with van der Waals surface area (Å²) in [5.74, 6) is -1.04. The maximum absolute atomic E-state index is 13.1. The molecule has 1 saturated heterocycles. The SMILES string of the molecule is C[C@H](OC(=O)[C@H](C)N1C(=O)[C@@H]2[C@H]3C=C[C@@H]([C@@H]4C[C@H]34)[C@H]2C1=O)C(=O)c1ccccc1. The third-order valence-electron chi connectivity index (χ3n) is 7.15. The van der Waals surface area contributed by atoms with Crippen LogP contribution >= 0.6 is 0 Å². The molecule has 6 rings (SSSR count). The number of ketones is 1. The topological polar surface area (TPSA) is 80.8 Å². The lowest BCUT2D eigenvalue weighted by Gasteiger charge is -2.37. The Bertz CT molecular complexity index is 902. The molecule has 0 radical (unpaired) electrons. The van der Waals surface area contributed by atoms with Crippen molar-refractivity contribution in [1.82, 2.24) is 4.90 Å². The summed E-state index contributed by atoms with van der Waals surface area (Å²) in [5, 5.41) is 0. The number of likely N-dealkylation sites (tertiary alicyclic amines) is 1. The Balaban J connectivity index is 1.30. The van der Waals surface area contributed by atoms with Crippen LogP contribution in [0.25, 0.3) is 0 Å². The Labute approximate surface area is 168 Å². The molecule has 1 aliphatic heterocycles. The largest absolute Gasteiger partial charge is 0.453 e. The first kappa shape index (κ1) is 18.3. The number of benzene rings is 1. The van der Waals surface area contributed by atoms with Gasteiger partial charge in [0, 0.05) is 5.56 Å². The van der Waals surface area contributed by atoms with Gasteiger partial charge in [-0.15, -0.1) is 0 Å². The van der Waals surface area contributed by atoms with Gasteiger partial charge in [0.25, 0.3) is 0 Å². The van der Waals surface area contributed by atoms with Crippen LogP contribution in [0, 0.1) is 35.5 Å². The lowest BCUT2D eigenvalue weighted by atomic mass is 9.63. The van der Waals surface area contributed by atoms with E-state index in [0.29, 0.717) is 17.4 Å². The molecule has 0 N–H and O–H groups in total. The Kier molecular flexibility index (Phi) is 4.02. The Morgan fingerprint density at radius 2 is 1.52 bits per heavy atom. The maximum Gasteiger partial charge on any atom is 0.329 e. The third kappa shape index (κ3) is 2.61. The molecular formula is C23H23NO5. The Morgan fingerprint density at radius 1 is 0.966 bits per heavy atom. The fourth-order valence-electron chi connectivity index (χ4n) is 5.63. The van der Waals surface area contributed by atoms with E-state index >= 15 is 0 Å². The molecule has 1 aromatic rings. The highest BCUT2D eigenvalue weighted by molar-refractivity contribution is 6.09. The van der Waals surface area contributed by atoms with Crippen molar-refractivity contribution in [3.8, 4) is 0 Å². The number of amides is 2. The molecule has 2 amide bonds. The van der Waals surface area contributed by atoms with Gasteiger partial charge < -0.3 is 4.74 Å². The molecule has 0 unspecified atom stereocenters. The third-order valence-corrected chi connectivity index (χ3v) is 7.15. The van der Waals surface area contributed by atoms with Crippen molar-refractivity contribution in [1.29, 1.82) is 0 Å². The number of ether oxygens (including phenoxy) is 1. The number of hydrogen-bond donors (Lipinski definition) is 0. The minimum absolute atomic E-state index is 0.109. The molecule has 6 heteroatoms. The maximum atomic E-state index is 13.1. The van der Waals surface area contributed by atoms with Gasteiger partial charge in [-0.2, -0.15) is 0 Å². The molecule has 2 bridgehead atoms. The van der Waals surface area contributed by atoms with E-state index in [1.54, 1.807) is 30.3 Å². The standard InChI is InChI=1S/C23H23NO5/c1-11(23(28)29-12(2)20(25)13-6-4-3-5-7-13)24-21(26)18-14-8-9-15(17-10-16(14)17)19(18)22(24)27/h3-9,11-12,14-19H,10H2,1-2H3/t11-,12-,14-,15-,16-,17+,18+,19+/m0/s1. The molecule has 1 aromatic carbocycles. The van der Waals surface area contributed by atoms with Crippen molar-refractivity contribution >= 4 is 23.6 Å². The summed E-state index contributed by atoms with van der Waals surface area (Å²) in [6.07, 6.45) is 4.29. The first-order chi connectivity index (χ1) is 13.9. The number of carbonyl (C=O) groups excluding carboxylic acids is 4. The zero-order valence-corrected chi connectivity index (χ0v) is 16.4. The van der Waals surface area contributed by atoms with Crippen molar-refractivity contribution in [2.24, 2.45) is 35.5 Å². The van der Waals surface area contributed by atoms with Gasteiger partial charge in [0.1, 0.15) is 6.04 Å². The van der Waals surface area contributed by atoms with E-state index in [-0.39, 0.29) is 41.3 Å². The van der Waals surface area contributed by atoms with Gasteiger partial charge in [0.05, 0.1) is 11.8 Å². The summed E-state index contributed by atoms with van der Waals surface area (Å²) < 4.78 is 5.34. The highest BCUT2D eigenvalue weighted by atomic mass is 16.5. The average Bonchev–Trinajstić information content (AvgIpc) is 3.51. The van der Waals surface area contributed by atoms with Crippen molar-refractivity contribution in [3.63, 3.8) is 0 Å². The quantitative estimate of drug-likeness (QED) is 0.332. The first-order valence-electron chi connectivity index (χ1n) is 10.2. The average molecular weight is 393 g/mol. The number of allylic oxidation sites excluding steroid dienone is 2. The van der Waals surface area contributed by atoms with E-state index in [4.69, 9.17) is 4.74 Å². The molecule has 4 aliphatic carbocycles. The summed E-state index contributed by atoms with van der Waals surface area (Å²) in [6, 6.07) is 7.54. The number of nitrogens with zero attached hydrogens (tertiary/aromatic N) is 1. The zero-order valence-electron chi connectivity index (χ0n) is 16.4. The fourth-order valence-corrected chi connectivity index (χ4v) is 5.63. The fraction of sp³-hybridized carbons (Fsp3) is 0.478. The molecule has 3 fully saturated rings. The summed E-state index contributed by atoms with van der Waals surface area (Å²) in [5.41, 5.74) is 0.446. The second kappa shape index (κ2) is 6.37. The summed E-state index contributed by atoms with van der Waals surface area (Å²) in [6.45, 7) is 3.01. The summed E-state index contributed by atoms with van der Waals surface area (Å²) >= 11 is 0. The number of rotatable bonds is 5. The van der Waals surface area contributed by atoms with E-state index in [9.17, 15) is 19.2 Å². The van der Waals surface area contributed by atoms with E-state index in [1.165, 1.54) is 13.8 Å². The zero-order chi connectivity index (χ0) is 20.4. The normalized spacial score (nSPS) is 35.7. The molecular weight excluding hydrogens is 370 g/mol. The second-order valence-electron chi connectivity index (χ2n) is 8.69. The predicted octanol–water partition coefficient (Wildman–Crippen LogP) is 2.24. The number of hydrogen-bond acceptors (Lipinski definition) is 5. The van der Waals surface area contributed by atoms with Gasteiger partial charge in [-0.25, -0.2) is 4.79 Å². The van der Waals surface area contributed by atoms with E-state index < -0.39 is 18.1 Å². The smallest absolute Gasteiger partial charge is 0.329 e. The first-order valence-corrected chi connectivity index (χ1v) is 10.2. The second-order valence-corrected chi connectivity index (χ2v) is 8.69. The molecule has 0 aromatic heterocycles. The van der Waals surface area contributed by atoms with Crippen molar-refractivity contribution < 1.29 is 23.9 Å². The molecule has 8 atom stereocenters. The number of imide groups is 1. The van der Waals surface area contributed by atoms with E-state index in [1.807, 2.05) is 0 Å². The minimum atomic E-state index is -1.04. The minimum Gasteiger partial charge on any atom is -0.453 e. The van der Waals surface area contributed by atoms with Crippen LogP contribution in [0.1, 0.15) is 30.6 Å². The molecule has 29 heavy (non-hydrogen) atoms. The highest BCUT2D eigenvalue weighted by Crippen LogP contribution is 2.65. The van der Waals surface area contributed by atoms with Crippen LogP contribution < -0.4 is 0 Å². The summed E-state index contributed by atoms with van der Waals surface area (Å²) in [4.78, 5) is 52.4. The lowest BCUT2D eigenvalue weighted by molar-refractivity contribution is -0.160. The Hall–Kier alpha value is -2.76. The number of esters is 1. The van der Waals surface area contributed by atoms with Gasteiger partial charge in [-0.3, -0.25) is 19.3 Å². The van der Waals surface area contributed by atoms with Crippen molar-refractivity contribution in [3.05, 3.63) is 48.0 Å². The van der Waals surface area contributed by atoms with Gasteiger partial charge in [-0.05, 0) is 43.9 Å². The van der Waals surface area contributed by atoms with E-state index in [0.717, 1.165) is 11.3 Å². The molecule has 6 nitrogen and oxygen atoms in total. The van der Waals surface area contributed by atoms with Crippen LogP contribution in [0.2, 0.25) is 0 Å². The van der Waals surface area contributed by atoms with Gasteiger partial charge >= 0.3 is 5.97 Å². The molecule has 150 valence electrons. The highest BCUT2D eigenvalue weighted by Gasteiger charge is 2.67. The van der Waals surface area contributed by atoms with Gasteiger partial charge in [-0.1, -0.05) is 42.5 Å². The van der Waals surface area contributed by atoms with Gasteiger partial charge in [0.15, 0.2) is 6.10 Å². The van der Waals surface area contributed by atoms with Crippen LogP contribution in [0.15, 0.2) is 42.5 Å². The summed E-state index contributed by atoms with van der Waals surface area (Å²) in [7, 11) is 0. The van der Waals surface area contributed by atoms with Crippen LogP contribution in [-0.2, 0) is 19.1 Å². The predicted molar refractivity (Wildman–Crippen MR) is 102 cm³/mol. The molecule has 0 spiro atoms. The molecule has 2 saturated carbocycles. The van der Waals surface area contributed by atoms with Crippen LogP contribution in [0.3, 0.4) is 0 Å². The van der Waals surface area contributed by atoms with E-state index in [2.05, 4.69) is 12.2 Å². The van der Waals surface area contributed by atoms with Crippen LogP contribution in [0.5, 0.6) is 0 Å².